The number of unbranched alkanes of at least 4 members (excludes halogenated alkanes) is 3. The second-order valence-corrected chi connectivity index (χ2v) is 8.96. The number of nitrogens with zero attached hydrogens (tertiary/aromatic N) is 5. The van der Waals surface area contributed by atoms with E-state index in [0.29, 0.717) is 41.7 Å². The fourth-order valence-electron chi connectivity index (χ4n) is 4.39. The summed E-state index contributed by atoms with van der Waals surface area (Å²) in [6, 6.07) is 1.51. The summed E-state index contributed by atoms with van der Waals surface area (Å²) in [5.74, 6) is 1.18. The highest BCUT2D eigenvalue weighted by atomic mass is 16.5. The first-order valence-corrected chi connectivity index (χ1v) is 12.0. The van der Waals surface area contributed by atoms with E-state index in [-0.39, 0.29) is 0 Å². The first-order chi connectivity index (χ1) is 15.0. The van der Waals surface area contributed by atoms with E-state index >= 15 is 0 Å². The van der Waals surface area contributed by atoms with Gasteiger partial charge < -0.3 is 20.1 Å². The van der Waals surface area contributed by atoms with Gasteiger partial charge in [0.1, 0.15) is 0 Å². The van der Waals surface area contributed by atoms with Gasteiger partial charge in [0.05, 0.1) is 13.7 Å². The molecule has 0 aromatic carbocycles. The summed E-state index contributed by atoms with van der Waals surface area (Å²) in [6.07, 6.45) is 9.54. The minimum Gasteiger partial charge on any atom is -0.468 e. The molecule has 0 bridgehead atoms. The molecule has 2 N–H and O–H groups in total. The molecule has 8 nitrogen and oxygen atoms in total. The van der Waals surface area contributed by atoms with E-state index < -0.39 is 0 Å². The summed E-state index contributed by atoms with van der Waals surface area (Å²) in [6.45, 7) is 10.6. The molecular weight excluding hydrogens is 392 g/mol. The van der Waals surface area contributed by atoms with Crippen LogP contribution in [-0.4, -0.2) is 57.3 Å². The number of ether oxygens (including phenoxy) is 2. The average Bonchev–Trinajstić information content (AvgIpc) is 3.12. The summed E-state index contributed by atoms with van der Waals surface area (Å²) >= 11 is 0. The fourth-order valence-corrected chi connectivity index (χ4v) is 4.39. The topological polar surface area (TPSA) is 91.3 Å². The van der Waals surface area contributed by atoms with Crippen LogP contribution in [0.4, 0.5) is 5.82 Å². The zero-order valence-electron chi connectivity index (χ0n) is 19.8. The lowest BCUT2D eigenvalue weighted by atomic mass is 9.92. The molecule has 1 saturated heterocycles. The van der Waals surface area contributed by atoms with E-state index in [4.69, 9.17) is 15.2 Å². The molecule has 2 aromatic rings. The van der Waals surface area contributed by atoms with Gasteiger partial charge in [0.25, 0.3) is 6.01 Å². The molecule has 0 amide bonds. The molecule has 1 atom stereocenters. The molecule has 0 saturated carbocycles. The van der Waals surface area contributed by atoms with Crippen molar-refractivity contribution in [3.8, 4) is 12.0 Å². The van der Waals surface area contributed by atoms with Crippen molar-refractivity contribution in [3.63, 3.8) is 0 Å². The fraction of sp³-hybridized carbons (Fsp3) is 0.783. The van der Waals surface area contributed by atoms with Gasteiger partial charge in [-0.3, -0.25) is 4.57 Å². The average molecular weight is 433 g/mol. The number of fused-ring (bicyclic) bond motifs is 1. The lowest BCUT2D eigenvalue weighted by Gasteiger charge is -2.35. The Morgan fingerprint density at radius 2 is 1.97 bits per heavy atom. The van der Waals surface area contributed by atoms with E-state index in [9.17, 15) is 0 Å². The van der Waals surface area contributed by atoms with Crippen LogP contribution in [0, 0.1) is 5.92 Å². The molecule has 1 fully saturated rings. The van der Waals surface area contributed by atoms with Crippen LogP contribution in [0.15, 0.2) is 0 Å². The van der Waals surface area contributed by atoms with Gasteiger partial charge in [-0.05, 0) is 58.4 Å². The molecule has 3 heterocycles. The molecule has 1 aliphatic heterocycles. The number of piperidine rings is 1. The highest BCUT2D eigenvalue weighted by Crippen LogP contribution is 2.27. The summed E-state index contributed by atoms with van der Waals surface area (Å²) in [7, 11) is 1.63. The summed E-state index contributed by atoms with van der Waals surface area (Å²) in [5, 5.41) is 0. The Labute approximate surface area is 186 Å². The van der Waals surface area contributed by atoms with Gasteiger partial charge in [0.15, 0.2) is 17.0 Å². The van der Waals surface area contributed by atoms with Gasteiger partial charge >= 0.3 is 6.01 Å². The van der Waals surface area contributed by atoms with Crippen LogP contribution in [-0.2, 0) is 6.54 Å². The third kappa shape index (κ3) is 6.21. The Bertz CT molecular complexity index is 822. The van der Waals surface area contributed by atoms with Crippen molar-refractivity contribution in [1.82, 2.24) is 24.4 Å². The van der Waals surface area contributed by atoms with Gasteiger partial charge in [-0.25, -0.2) is 0 Å². The molecule has 1 unspecified atom stereocenters. The molecule has 1 aliphatic rings. The van der Waals surface area contributed by atoms with Crippen LogP contribution in [0.1, 0.15) is 72.1 Å². The molecule has 3 rings (SSSR count). The number of aromatic nitrogens is 4. The summed E-state index contributed by atoms with van der Waals surface area (Å²) in [4.78, 5) is 15.9. The molecule has 0 aliphatic carbocycles. The quantitative estimate of drug-likeness (QED) is 0.501. The molecule has 174 valence electrons. The summed E-state index contributed by atoms with van der Waals surface area (Å²) in [5.41, 5.74) is 7.39. The Morgan fingerprint density at radius 3 is 2.71 bits per heavy atom. The zero-order chi connectivity index (χ0) is 22.2. The second kappa shape index (κ2) is 11.5. The Balaban J connectivity index is 1.56. The van der Waals surface area contributed by atoms with Crippen LogP contribution >= 0.6 is 0 Å². The molecular formula is C23H40N6O2. The number of nitrogens with two attached hydrogens (primary N) is 1. The first-order valence-electron chi connectivity index (χ1n) is 12.0. The van der Waals surface area contributed by atoms with Crippen LogP contribution in [0.3, 0.4) is 0 Å². The third-order valence-electron chi connectivity index (χ3n) is 6.25. The number of imidazole rings is 1. The maximum Gasteiger partial charge on any atom is 0.320 e. The van der Waals surface area contributed by atoms with Gasteiger partial charge in [0, 0.05) is 19.1 Å². The summed E-state index contributed by atoms with van der Waals surface area (Å²) < 4.78 is 13.2. The predicted octanol–water partition coefficient (Wildman–Crippen LogP) is 4.28. The number of aryl methyl sites for hydroxylation is 1. The number of rotatable bonds is 12. The van der Waals surface area contributed by atoms with E-state index in [0.717, 1.165) is 31.7 Å². The molecule has 0 radical (unpaired) electrons. The number of anilines is 1. The van der Waals surface area contributed by atoms with Crippen LogP contribution in [0.5, 0.6) is 12.0 Å². The van der Waals surface area contributed by atoms with E-state index in [1.165, 1.54) is 45.2 Å². The minimum absolute atomic E-state index is 0.314. The SMILES string of the molecule is CCCCOc1nc(N)c2nc(OC)n(CCCCCC3CCCN(C(C)C)C3)c2n1. The normalized spacial score (nSPS) is 17.5. The van der Waals surface area contributed by atoms with Crippen molar-refractivity contribution in [3.05, 3.63) is 0 Å². The van der Waals surface area contributed by atoms with Gasteiger partial charge in [0.2, 0.25) is 0 Å². The number of nitrogen functional groups attached to an aromatic ring is 1. The van der Waals surface area contributed by atoms with Crippen molar-refractivity contribution >= 4 is 17.0 Å². The highest BCUT2D eigenvalue weighted by Gasteiger charge is 2.21. The van der Waals surface area contributed by atoms with Crippen molar-refractivity contribution in [1.29, 1.82) is 0 Å². The zero-order valence-corrected chi connectivity index (χ0v) is 19.8. The number of hydrogen-bond donors (Lipinski definition) is 1. The Hall–Kier alpha value is -2.09. The smallest absolute Gasteiger partial charge is 0.320 e. The van der Waals surface area contributed by atoms with Crippen molar-refractivity contribution in [2.75, 3.05) is 32.5 Å². The Kier molecular flexibility index (Phi) is 8.75. The maximum atomic E-state index is 6.12. The van der Waals surface area contributed by atoms with E-state index in [1.807, 2.05) is 4.57 Å². The number of hydrogen-bond acceptors (Lipinski definition) is 7. The van der Waals surface area contributed by atoms with Gasteiger partial charge in [-0.1, -0.05) is 26.2 Å². The van der Waals surface area contributed by atoms with Gasteiger partial charge in [-0.2, -0.15) is 15.0 Å². The van der Waals surface area contributed by atoms with Gasteiger partial charge in [-0.15, -0.1) is 0 Å². The standard InChI is InChI=1S/C23H40N6O2/c1-5-6-15-31-22-26-20(24)19-21(27-22)29(23(25-19)30-4)14-9-7-8-11-18-12-10-13-28(16-18)17(2)3/h17-18H,5-16H2,1-4H3,(H2,24,26,27). The Morgan fingerprint density at radius 1 is 1.13 bits per heavy atom. The first kappa shape index (κ1) is 23.6. The number of methoxy groups -OCH3 is 1. The highest BCUT2D eigenvalue weighted by molar-refractivity contribution is 5.83. The van der Waals surface area contributed by atoms with Crippen molar-refractivity contribution in [2.24, 2.45) is 5.92 Å². The van der Waals surface area contributed by atoms with Crippen molar-refractivity contribution in [2.45, 2.75) is 84.7 Å². The maximum absolute atomic E-state index is 6.12. The molecule has 8 heteroatoms. The van der Waals surface area contributed by atoms with Crippen LogP contribution in [0.25, 0.3) is 11.2 Å². The minimum atomic E-state index is 0.314. The lowest BCUT2D eigenvalue weighted by molar-refractivity contribution is 0.133. The van der Waals surface area contributed by atoms with E-state index in [1.54, 1.807) is 7.11 Å². The third-order valence-corrected chi connectivity index (χ3v) is 6.25. The van der Waals surface area contributed by atoms with Crippen LogP contribution in [0.2, 0.25) is 0 Å². The molecule has 31 heavy (non-hydrogen) atoms. The molecule has 2 aromatic heterocycles. The van der Waals surface area contributed by atoms with Crippen LogP contribution < -0.4 is 15.2 Å². The lowest BCUT2D eigenvalue weighted by Crippen LogP contribution is -2.39. The largest absolute Gasteiger partial charge is 0.468 e. The monoisotopic (exact) mass is 432 g/mol. The molecule has 0 spiro atoms. The number of likely N-dealkylation sites (tertiary alicyclic amines) is 1. The van der Waals surface area contributed by atoms with Crippen molar-refractivity contribution < 1.29 is 9.47 Å². The van der Waals surface area contributed by atoms with E-state index in [2.05, 4.69) is 40.6 Å². The predicted molar refractivity (Wildman–Crippen MR) is 125 cm³/mol. The second-order valence-electron chi connectivity index (χ2n) is 8.96.